The number of aliphatic hydroxyl groups is 1. The average Bonchev–Trinajstić information content (AvgIpc) is 2.77. The van der Waals surface area contributed by atoms with Gasteiger partial charge in [0, 0.05) is 28.9 Å². The lowest BCUT2D eigenvalue weighted by atomic mass is 9.89. The zero-order chi connectivity index (χ0) is 15.3. The lowest BCUT2D eigenvalue weighted by Gasteiger charge is -2.20. The van der Waals surface area contributed by atoms with Crippen molar-refractivity contribution < 1.29 is 29.4 Å². The van der Waals surface area contributed by atoms with Crippen LogP contribution in [0, 0.1) is 0 Å². The molecule has 0 atom stereocenters. The molecule has 2 aliphatic rings. The van der Waals surface area contributed by atoms with Crippen molar-refractivity contribution in [3.05, 3.63) is 21.8 Å². The SMILES string of the molecule is CCON1C(=O)C(O)=C2CC(=O)Cc3sc1c(C(=O)O)c32. The fraction of sp³-hybridized carbons (Fsp3) is 0.308. The van der Waals surface area contributed by atoms with E-state index >= 15 is 0 Å². The Balaban J connectivity index is 2.35. The Bertz CT molecular complexity index is 716. The van der Waals surface area contributed by atoms with Crippen molar-refractivity contribution >= 4 is 39.6 Å². The number of amides is 1. The Kier molecular flexibility index (Phi) is 3.07. The van der Waals surface area contributed by atoms with Crippen LogP contribution in [-0.2, 0) is 20.8 Å². The van der Waals surface area contributed by atoms with E-state index in [1.807, 2.05) is 0 Å². The molecule has 0 radical (unpaired) electrons. The number of hydroxylamine groups is 1. The molecule has 1 aliphatic carbocycles. The number of Topliss-reactive ketones (excluding diaryl/α,β-unsaturated/α-hetero) is 1. The van der Waals surface area contributed by atoms with Crippen molar-refractivity contribution in [3.8, 4) is 0 Å². The van der Waals surface area contributed by atoms with Gasteiger partial charge in [-0.1, -0.05) is 0 Å². The number of carboxylic acids is 1. The van der Waals surface area contributed by atoms with E-state index in [4.69, 9.17) is 4.84 Å². The van der Waals surface area contributed by atoms with Gasteiger partial charge in [-0.3, -0.25) is 14.4 Å². The topological polar surface area (TPSA) is 104 Å². The summed E-state index contributed by atoms with van der Waals surface area (Å²) in [5, 5.41) is 20.4. The molecule has 0 aromatic carbocycles. The molecule has 110 valence electrons. The van der Waals surface area contributed by atoms with Crippen molar-refractivity contribution in [1.29, 1.82) is 0 Å². The minimum absolute atomic E-state index is 0.0772. The zero-order valence-electron chi connectivity index (χ0n) is 11.0. The van der Waals surface area contributed by atoms with Crippen LogP contribution in [-0.4, -0.2) is 34.5 Å². The summed E-state index contributed by atoms with van der Waals surface area (Å²) in [6.45, 7) is 1.78. The number of ketones is 1. The monoisotopic (exact) mass is 309 g/mol. The van der Waals surface area contributed by atoms with Crippen LogP contribution in [0.1, 0.15) is 34.1 Å². The summed E-state index contributed by atoms with van der Waals surface area (Å²) >= 11 is 1.04. The van der Waals surface area contributed by atoms with Crippen molar-refractivity contribution in [1.82, 2.24) is 0 Å². The van der Waals surface area contributed by atoms with Crippen LogP contribution >= 0.6 is 11.3 Å². The summed E-state index contributed by atoms with van der Waals surface area (Å²) < 4.78 is 0. The summed E-state index contributed by atoms with van der Waals surface area (Å²) in [5.74, 6) is -2.86. The maximum absolute atomic E-state index is 12.2. The van der Waals surface area contributed by atoms with Gasteiger partial charge >= 0.3 is 11.9 Å². The molecule has 1 aliphatic heterocycles. The van der Waals surface area contributed by atoms with Gasteiger partial charge in [0.1, 0.15) is 16.3 Å². The maximum Gasteiger partial charge on any atom is 0.339 e. The maximum atomic E-state index is 12.2. The largest absolute Gasteiger partial charge is 0.503 e. The van der Waals surface area contributed by atoms with E-state index in [0.29, 0.717) is 4.88 Å². The van der Waals surface area contributed by atoms with Crippen molar-refractivity contribution in [2.24, 2.45) is 0 Å². The highest BCUT2D eigenvalue weighted by atomic mass is 32.1. The Hall–Kier alpha value is -2.19. The normalized spacial score (nSPS) is 17.3. The first-order valence-corrected chi connectivity index (χ1v) is 7.07. The highest BCUT2D eigenvalue weighted by Gasteiger charge is 2.41. The molecule has 8 heteroatoms. The van der Waals surface area contributed by atoms with Crippen molar-refractivity contribution in [3.63, 3.8) is 0 Å². The number of allylic oxidation sites excluding steroid dienone is 1. The molecule has 1 amide bonds. The fourth-order valence-electron chi connectivity index (χ4n) is 2.54. The van der Waals surface area contributed by atoms with E-state index in [1.165, 1.54) is 0 Å². The number of thiophene rings is 1. The second-order valence-corrected chi connectivity index (χ2v) is 5.71. The van der Waals surface area contributed by atoms with Gasteiger partial charge in [-0.05, 0) is 6.92 Å². The van der Waals surface area contributed by atoms with Gasteiger partial charge in [0.25, 0.3) is 0 Å². The molecule has 1 aromatic rings. The summed E-state index contributed by atoms with van der Waals surface area (Å²) in [6, 6.07) is 0. The van der Waals surface area contributed by atoms with E-state index in [2.05, 4.69) is 0 Å². The summed E-state index contributed by atoms with van der Waals surface area (Å²) in [6.07, 6.45) is -0.0494. The lowest BCUT2D eigenvalue weighted by Crippen LogP contribution is -2.32. The Morgan fingerprint density at radius 2 is 2.10 bits per heavy atom. The van der Waals surface area contributed by atoms with Crippen LogP contribution in [0.4, 0.5) is 5.00 Å². The van der Waals surface area contributed by atoms with Gasteiger partial charge in [0.2, 0.25) is 0 Å². The average molecular weight is 309 g/mol. The van der Waals surface area contributed by atoms with E-state index in [9.17, 15) is 24.6 Å². The third-order valence-corrected chi connectivity index (χ3v) is 4.48. The molecule has 2 N–H and O–H groups in total. The van der Waals surface area contributed by atoms with E-state index in [-0.39, 0.29) is 46.9 Å². The first kappa shape index (κ1) is 13.8. The van der Waals surface area contributed by atoms with Crippen LogP contribution in [0.25, 0.3) is 5.57 Å². The van der Waals surface area contributed by atoms with Crippen LogP contribution < -0.4 is 5.06 Å². The minimum atomic E-state index is -1.22. The molecule has 0 fully saturated rings. The van der Waals surface area contributed by atoms with E-state index < -0.39 is 17.6 Å². The van der Waals surface area contributed by atoms with Crippen molar-refractivity contribution in [2.45, 2.75) is 19.8 Å². The lowest BCUT2D eigenvalue weighted by molar-refractivity contribution is -0.124. The highest BCUT2D eigenvalue weighted by Crippen LogP contribution is 2.47. The number of rotatable bonds is 3. The smallest absolute Gasteiger partial charge is 0.339 e. The van der Waals surface area contributed by atoms with Gasteiger partial charge in [-0.15, -0.1) is 11.3 Å². The Morgan fingerprint density at radius 3 is 2.71 bits per heavy atom. The number of aromatic carboxylic acids is 1. The van der Waals surface area contributed by atoms with Crippen LogP contribution in [0.15, 0.2) is 5.76 Å². The molecule has 0 unspecified atom stereocenters. The highest BCUT2D eigenvalue weighted by molar-refractivity contribution is 7.17. The molecule has 7 nitrogen and oxygen atoms in total. The Morgan fingerprint density at radius 1 is 1.38 bits per heavy atom. The van der Waals surface area contributed by atoms with E-state index in [1.54, 1.807) is 6.92 Å². The van der Waals surface area contributed by atoms with Crippen LogP contribution in [0.2, 0.25) is 0 Å². The van der Waals surface area contributed by atoms with Gasteiger partial charge in [0.15, 0.2) is 5.76 Å². The summed E-state index contributed by atoms with van der Waals surface area (Å²) in [5.41, 5.74) is 0.270. The summed E-state index contributed by atoms with van der Waals surface area (Å²) in [7, 11) is 0. The van der Waals surface area contributed by atoms with Crippen LogP contribution in [0.3, 0.4) is 0 Å². The number of carbonyl (C=O) groups excluding carboxylic acids is 2. The number of anilines is 1. The molecule has 0 spiro atoms. The predicted molar refractivity (Wildman–Crippen MR) is 73.3 cm³/mol. The van der Waals surface area contributed by atoms with Crippen LogP contribution in [0.5, 0.6) is 0 Å². The van der Waals surface area contributed by atoms with Gasteiger partial charge in [-0.25, -0.2) is 4.79 Å². The number of carboxylic acid groups (broad SMARTS) is 1. The van der Waals surface area contributed by atoms with Crippen molar-refractivity contribution in [2.75, 3.05) is 11.7 Å². The minimum Gasteiger partial charge on any atom is -0.503 e. The summed E-state index contributed by atoms with van der Waals surface area (Å²) in [4.78, 5) is 41.2. The quantitative estimate of drug-likeness (QED) is 0.877. The molecule has 3 rings (SSSR count). The van der Waals surface area contributed by atoms with Gasteiger partial charge in [-0.2, -0.15) is 5.06 Å². The number of fused-ring (bicyclic) bond motifs is 1. The van der Waals surface area contributed by atoms with Gasteiger partial charge in [0.05, 0.1) is 6.61 Å². The number of hydrogen-bond donors (Lipinski definition) is 2. The number of nitrogens with zero attached hydrogens (tertiary/aromatic N) is 1. The molecular weight excluding hydrogens is 298 g/mol. The number of aliphatic hydroxyl groups excluding tert-OH is 1. The third-order valence-electron chi connectivity index (χ3n) is 3.33. The standard InChI is InChI=1S/C13H11NO6S/c1-2-20-14-11(17)10(16)6-3-5(15)4-7-8(6)9(13(18)19)12(14)21-7/h16H,2-4H2,1H3,(H,18,19). The first-order valence-electron chi connectivity index (χ1n) is 6.26. The molecule has 0 saturated carbocycles. The molecular formula is C13H11NO6S. The predicted octanol–water partition coefficient (Wildman–Crippen LogP) is 1.53. The second kappa shape index (κ2) is 4.68. The third kappa shape index (κ3) is 1.87. The molecule has 0 saturated heterocycles. The molecule has 1 aromatic heterocycles. The second-order valence-electron chi connectivity index (χ2n) is 4.62. The first-order chi connectivity index (χ1) is 9.95. The zero-order valence-corrected chi connectivity index (χ0v) is 11.8. The van der Waals surface area contributed by atoms with Gasteiger partial charge < -0.3 is 10.2 Å². The fourth-order valence-corrected chi connectivity index (χ4v) is 3.85. The van der Waals surface area contributed by atoms with E-state index in [0.717, 1.165) is 16.4 Å². The Labute approximate surface area is 123 Å². The molecule has 21 heavy (non-hydrogen) atoms. The number of carbonyl (C=O) groups is 3. The number of hydrogen-bond acceptors (Lipinski definition) is 6. The molecule has 2 heterocycles. The molecule has 2 bridgehead atoms.